The molecule has 72 valence electrons. The van der Waals surface area contributed by atoms with E-state index in [0.29, 0.717) is 12.0 Å². The second kappa shape index (κ2) is 2.88. The van der Waals surface area contributed by atoms with Crippen LogP contribution in [0.1, 0.15) is 29.9 Å². The van der Waals surface area contributed by atoms with Crippen molar-refractivity contribution < 1.29 is 4.74 Å². The molecule has 2 aliphatic rings. The summed E-state index contributed by atoms with van der Waals surface area (Å²) in [6.45, 7) is 2.12. The quantitative estimate of drug-likeness (QED) is 0.565. The summed E-state index contributed by atoms with van der Waals surface area (Å²) < 4.78 is 5.99. The van der Waals surface area contributed by atoms with Crippen LogP contribution in [0.25, 0.3) is 0 Å². The Morgan fingerprint density at radius 1 is 1.36 bits per heavy atom. The lowest BCUT2D eigenvalue weighted by molar-refractivity contribution is 0.203. The molecule has 0 spiro atoms. The highest BCUT2D eigenvalue weighted by molar-refractivity contribution is 5.48. The number of benzene rings is 1. The van der Waals surface area contributed by atoms with Gasteiger partial charge in [0.1, 0.15) is 11.9 Å². The molecule has 0 saturated carbocycles. The molecule has 1 aromatic carbocycles. The summed E-state index contributed by atoms with van der Waals surface area (Å²) >= 11 is 0. The molecule has 0 radical (unpaired) electrons. The van der Waals surface area contributed by atoms with E-state index in [-0.39, 0.29) is 0 Å². The topological polar surface area (TPSA) is 9.23 Å². The number of fused-ring (bicyclic) bond motifs is 3. The van der Waals surface area contributed by atoms with Crippen LogP contribution in [0.4, 0.5) is 0 Å². The Hall–Kier alpha value is -1.24. The van der Waals surface area contributed by atoms with Crippen molar-refractivity contribution in [1.82, 2.24) is 0 Å². The molecule has 1 nitrogen and oxygen atoms in total. The highest BCUT2D eigenvalue weighted by atomic mass is 16.5. The Bertz CT molecular complexity index is 392. The lowest BCUT2D eigenvalue weighted by Gasteiger charge is -2.18. The lowest BCUT2D eigenvalue weighted by Crippen LogP contribution is -2.19. The van der Waals surface area contributed by atoms with E-state index < -0.39 is 0 Å². The minimum Gasteiger partial charge on any atom is -0.489 e. The zero-order chi connectivity index (χ0) is 9.54. The number of para-hydroxylation sites is 1. The first-order valence-electron chi connectivity index (χ1n) is 5.29. The fourth-order valence-corrected chi connectivity index (χ4v) is 2.49. The van der Waals surface area contributed by atoms with Crippen LogP contribution >= 0.6 is 0 Å². The van der Waals surface area contributed by atoms with Crippen molar-refractivity contribution in [3.05, 3.63) is 41.5 Å². The minimum absolute atomic E-state index is 0.399. The van der Waals surface area contributed by atoms with Crippen LogP contribution in [0, 0.1) is 6.92 Å². The maximum absolute atomic E-state index is 5.99. The van der Waals surface area contributed by atoms with Gasteiger partial charge < -0.3 is 4.74 Å². The molecular weight excluding hydrogens is 172 g/mol. The normalized spacial score (nSPS) is 28.1. The van der Waals surface area contributed by atoms with E-state index in [4.69, 9.17) is 4.74 Å². The van der Waals surface area contributed by atoms with Crippen molar-refractivity contribution in [3.63, 3.8) is 0 Å². The van der Waals surface area contributed by atoms with Gasteiger partial charge in [-0.25, -0.2) is 0 Å². The molecular formula is C13H14O. The molecule has 1 aromatic rings. The van der Waals surface area contributed by atoms with Crippen molar-refractivity contribution >= 4 is 0 Å². The van der Waals surface area contributed by atoms with Crippen LogP contribution in [0.15, 0.2) is 30.4 Å². The summed E-state index contributed by atoms with van der Waals surface area (Å²) in [7, 11) is 0. The third kappa shape index (κ3) is 1.02. The summed E-state index contributed by atoms with van der Waals surface area (Å²) in [6, 6.07) is 6.45. The summed E-state index contributed by atoms with van der Waals surface area (Å²) in [6.07, 6.45) is 7.31. The lowest BCUT2D eigenvalue weighted by atomic mass is 9.88. The van der Waals surface area contributed by atoms with E-state index in [1.807, 2.05) is 0 Å². The number of allylic oxidation sites excluding steroid dienone is 1. The van der Waals surface area contributed by atoms with Crippen LogP contribution in [0.3, 0.4) is 0 Å². The molecule has 2 atom stereocenters. The van der Waals surface area contributed by atoms with E-state index in [0.717, 1.165) is 18.6 Å². The van der Waals surface area contributed by atoms with Gasteiger partial charge in [-0.15, -0.1) is 0 Å². The van der Waals surface area contributed by atoms with Gasteiger partial charge in [0, 0.05) is 11.5 Å². The van der Waals surface area contributed by atoms with Crippen molar-refractivity contribution in [2.75, 3.05) is 0 Å². The number of aryl methyl sites for hydroxylation is 1. The van der Waals surface area contributed by atoms with E-state index in [1.54, 1.807) is 0 Å². The number of rotatable bonds is 0. The van der Waals surface area contributed by atoms with Crippen LogP contribution < -0.4 is 4.74 Å². The summed E-state index contributed by atoms with van der Waals surface area (Å²) in [5.41, 5.74) is 2.65. The van der Waals surface area contributed by atoms with Crippen molar-refractivity contribution in [1.29, 1.82) is 0 Å². The zero-order valence-corrected chi connectivity index (χ0v) is 8.36. The first-order chi connectivity index (χ1) is 6.86. The van der Waals surface area contributed by atoms with Crippen molar-refractivity contribution in [2.24, 2.45) is 0 Å². The monoisotopic (exact) mass is 186 g/mol. The Balaban J connectivity index is 2.12. The van der Waals surface area contributed by atoms with Gasteiger partial charge in [-0.3, -0.25) is 0 Å². The Morgan fingerprint density at radius 2 is 2.29 bits per heavy atom. The van der Waals surface area contributed by atoms with Crippen molar-refractivity contribution in [3.8, 4) is 5.75 Å². The summed E-state index contributed by atoms with van der Waals surface area (Å²) in [5, 5.41) is 0. The van der Waals surface area contributed by atoms with Gasteiger partial charge in [-0.2, -0.15) is 0 Å². The molecule has 0 aromatic heterocycles. The minimum atomic E-state index is 0.399. The predicted octanol–water partition coefficient (Wildman–Crippen LogP) is 3.19. The smallest absolute Gasteiger partial charge is 0.126 e. The van der Waals surface area contributed by atoms with E-state index in [9.17, 15) is 0 Å². The molecule has 3 rings (SSSR count). The molecule has 1 aliphatic carbocycles. The summed E-state index contributed by atoms with van der Waals surface area (Å²) in [4.78, 5) is 0. The molecule has 0 amide bonds. The SMILES string of the molecule is Cc1cccc2c1OC1CCC=CC21. The standard InChI is InChI=1S/C13H14O/c1-9-5-4-7-11-10-6-2-3-8-12(10)14-13(9)11/h2,4-7,10,12H,3,8H2,1H3. The molecule has 0 N–H and O–H groups in total. The second-order valence-corrected chi connectivity index (χ2v) is 4.18. The van der Waals surface area contributed by atoms with Crippen molar-refractivity contribution in [2.45, 2.75) is 31.8 Å². The molecule has 14 heavy (non-hydrogen) atoms. The van der Waals surface area contributed by atoms with Gasteiger partial charge in [0.25, 0.3) is 0 Å². The fourth-order valence-electron chi connectivity index (χ4n) is 2.49. The first-order valence-corrected chi connectivity index (χ1v) is 5.29. The molecule has 1 aliphatic heterocycles. The van der Waals surface area contributed by atoms with Crippen LogP contribution in [-0.2, 0) is 0 Å². The van der Waals surface area contributed by atoms with Crippen LogP contribution in [-0.4, -0.2) is 6.10 Å². The van der Waals surface area contributed by atoms with E-state index >= 15 is 0 Å². The molecule has 0 bridgehead atoms. The Labute approximate surface area is 84.4 Å². The van der Waals surface area contributed by atoms with Gasteiger partial charge in [0.05, 0.1) is 0 Å². The maximum atomic E-state index is 5.99. The van der Waals surface area contributed by atoms with E-state index in [2.05, 4.69) is 37.3 Å². The van der Waals surface area contributed by atoms with Gasteiger partial charge in [0.15, 0.2) is 0 Å². The number of hydrogen-bond acceptors (Lipinski definition) is 1. The maximum Gasteiger partial charge on any atom is 0.126 e. The van der Waals surface area contributed by atoms with E-state index in [1.165, 1.54) is 11.1 Å². The second-order valence-electron chi connectivity index (χ2n) is 4.18. The van der Waals surface area contributed by atoms with Gasteiger partial charge in [-0.1, -0.05) is 30.4 Å². The Kier molecular flexibility index (Phi) is 1.66. The van der Waals surface area contributed by atoms with Crippen LogP contribution in [0.2, 0.25) is 0 Å². The number of hydrogen-bond donors (Lipinski definition) is 0. The zero-order valence-electron chi connectivity index (χ0n) is 8.36. The number of ether oxygens (including phenoxy) is 1. The average molecular weight is 186 g/mol. The van der Waals surface area contributed by atoms with Crippen LogP contribution in [0.5, 0.6) is 5.75 Å². The third-order valence-corrected chi connectivity index (χ3v) is 3.23. The highest BCUT2D eigenvalue weighted by Gasteiger charge is 2.34. The highest BCUT2D eigenvalue weighted by Crippen LogP contribution is 2.44. The third-order valence-electron chi connectivity index (χ3n) is 3.23. The van der Waals surface area contributed by atoms with Gasteiger partial charge in [-0.05, 0) is 25.3 Å². The molecule has 0 fully saturated rings. The first kappa shape index (κ1) is 8.10. The molecule has 0 saturated heterocycles. The van der Waals surface area contributed by atoms with Gasteiger partial charge in [0.2, 0.25) is 0 Å². The Morgan fingerprint density at radius 3 is 3.21 bits per heavy atom. The summed E-state index contributed by atoms with van der Waals surface area (Å²) in [5.74, 6) is 1.65. The fraction of sp³-hybridized carbons (Fsp3) is 0.385. The molecule has 1 heteroatoms. The van der Waals surface area contributed by atoms with Gasteiger partial charge >= 0.3 is 0 Å². The largest absolute Gasteiger partial charge is 0.489 e. The average Bonchev–Trinajstić information content (AvgIpc) is 2.59. The predicted molar refractivity (Wildman–Crippen MR) is 56.7 cm³/mol. The molecule has 2 unspecified atom stereocenters. The molecule has 1 heterocycles.